The fraction of sp³-hybridized carbons (Fsp3) is 0.647. The van der Waals surface area contributed by atoms with Gasteiger partial charge >= 0.3 is 0 Å². The molecular weight excluding hydrogens is 250 g/mol. The van der Waals surface area contributed by atoms with Gasteiger partial charge in [-0.2, -0.15) is 0 Å². The lowest BCUT2D eigenvalue weighted by molar-refractivity contribution is -0.0277. The molecule has 112 valence electrons. The summed E-state index contributed by atoms with van der Waals surface area (Å²) in [4.78, 5) is 1.84. The third-order valence-corrected chi connectivity index (χ3v) is 3.99. The lowest BCUT2D eigenvalue weighted by Crippen LogP contribution is -2.42. The zero-order valence-corrected chi connectivity index (χ0v) is 12.1. The number of methoxy groups -OCH3 is 1. The molecule has 0 bridgehead atoms. The highest BCUT2D eigenvalue weighted by Gasteiger charge is 2.38. The van der Waals surface area contributed by atoms with Crippen LogP contribution < -0.4 is 4.74 Å². The summed E-state index contributed by atoms with van der Waals surface area (Å²) in [6, 6.07) is -1.79. The zero-order chi connectivity index (χ0) is 20.6. The van der Waals surface area contributed by atoms with Crippen molar-refractivity contribution in [2.24, 2.45) is 0 Å². The van der Waals surface area contributed by atoms with Crippen LogP contribution in [-0.2, 0) is 0 Å². The molecule has 0 radical (unpaired) electrons. The van der Waals surface area contributed by atoms with Crippen LogP contribution in [0.2, 0.25) is 0 Å². The van der Waals surface area contributed by atoms with Crippen molar-refractivity contribution < 1.29 is 19.4 Å². The molecule has 1 aliphatic rings. The Bertz CT molecular complexity index is 656. The fourth-order valence-electron chi connectivity index (χ4n) is 2.94. The summed E-state index contributed by atoms with van der Waals surface area (Å²) in [6.07, 6.45) is 3.74. The van der Waals surface area contributed by atoms with Crippen LogP contribution >= 0.6 is 0 Å². The standard InChI is InChI=1S/C17H27NO2/c1-18(2)13-16(17(19)11-5-4-6-12-17)14-7-9-15(20-3)10-8-14/h7-10,16,19H,4-6,11-13H2,1-3H3/t16-/m1/s1/i3D3,7D,8D,9D,10D. The fourth-order valence-corrected chi connectivity index (χ4v) is 2.94. The van der Waals surface area contributed by atoms with Gasteiger partial charge in [0.2, 0.25) is 0 Å². The summed E-state index contributed by atoms with van der Waals surface area (Å²) >= 11 is 0. The highest BCUT2D eigenvalue weighted by molar-refractivity contribution is 5.31. The molecule has 0 heterocycles. The lowest BCUT2D eigenvalue weighted by Gasteiger charge is -2.40. The largest absolute Gasteiger partial charge is 0.497 e. The Balaban J connectivity index is 2.62. The van der Waals surface area contributed by atoms with E-state index in [0.29, 0.717) is 19.4 Å². The second-order valence-electron chi connectivity index (χ2n) is 5.82. The van der Waals surface area contributed by atoms with Gasteiger partial charge in [-0.1, -0.05) is 31.3 Å². The van der Waals surface area contributed by atoms with E-state index in [2.05, 4.69) is 0 Å². The Kier molecular flexibility index (Phi) is 2.77. The molecule has 0 spiro atoms. The second kappa shape index (κ2) is 6.59. The number of aliphatic hydroxyl groups is 1. The minimum absolute atomic E-state index is 0.112. The van der Waals surface area contributed by atoms with Crippen LogP contribution in [-0.4, -0.2) is 43.3 Å². The number of hydrogen-bond acceptors (Lipinski definition) is 3. The Labute approximate surface area is 132 Å². The van der Waals surface area contributed by atoms with E-state index in [9.17, 15) is 5.11 Å². The van der Waals surface area contributed by atoms with Crippen molar-refractivity contribution in [3.05, 3.63) is 29.7 Å². The third kappa shape index (κ3) is 3.53. The van der Waals surface area contributed by atoms with Crippen molar-refractivity contribution in [2.45, 2.75) is 43.6 Å². The van der Waals surface area contributed by atoms with Crippen LogP contribution in [0.25, 0.3) is 0 Å². The van der Waals surface area contributed by atoms with E-state index in [1.807, 2.05) is 19.0 Å². The van der Waals surface area contributed by atoms with Crippen molar-refractivity contribution >= 4 is 0 Å². The van der Waals surface area contributed by atoms with Crippen molar-refractivity contribution in [1.82, 2.24) is 4.90 Å². The predicted molar refractivity (Wildman–Crippen MR) is 82.3 cm³/mol. The molecule has 1 N–H and O–H groups in total. The first-order valence-corrected chi connectivity index (χ1v) is 7.04. The highest BCUT2D eigenvalue weighted by atomic mass is 16.5. The molecular formula is C17H27NO2. The number of rotatable bonds is 5. The molecule has 3 nitrogen and oxygen atoms in total. The van der Waals surface area contributed by atoms with Gasteiger partial charge in [-0.05, 0) is 44.6 Å². The summed E-state index contributed by atoms with van der Waals surface area (Å²) < 4.78 is 59.4. The quantitative estimate of drug-likeness (QED) is 0.902. The van der Waals surface area contributed by atoms with E-state index < -0.39 is 36.4 Å². The van der Waals surface area contributed by atoms with Gasteiger partial charge in [0, 0.05) is 12.5 Å². The first kappa shape index (κ1) is 8.40. The normalized spacial score (nSPS) is 25.5. The van der Waals surface area contributed by atoms with Crippen LogP contribution in [0, 0.1) is 0 Å². The summed E-state index contributed by atoms with van der Waals surface area (Å²) in [6.45, 7) is 0.354. The highest BCUT2D eigenvalue weighted by Crippen LogP contribution is 2.40. The van der Waals surface area contributed by atoms with Crippen LogP contribution in [0.5, 0.6) is 5.75 Å². The maximum atomic E-state index is 11.3. The number of ether oxygens (including phenoxy) is 1. The first-order valence-electron chi connectivity index (χ1n) is 10.5. The van der Waals surface area contributed by atoms with Crippen LogP contribution in [0.4, 0.5) is 0 Å². The van der Waals surface area contributed by atoms with Crippen LogP contribution in [0.1, 0.15) is 53.2 Å². The molecule has 2 rings (SSSR count). The number of likely N-dealkylation sites (N-methyl/N-ethyl adjacent to an activating group) is 1. The summed E-state index contributed by atoms with van der Waals surface area (Å²) in [5.74, 6) is -1.21. The SMILES string of the molecule is [2H]c1c([2H])c([C@@H](CN(C)C)C2(O)CCCCC2)c([2H])c([2H])c1OC([2H])([2H])[2H]. The Hall–Kier alpha value is -1.06. The van der Waals surface area contributed by atoms with Gasteiger partial charge in [-0.15, -0.1) is 0 Å². The molecule has 1 aliphatic carbocycles. The van der Waals surface area contributed by atoms with E-state index in [1.54, 1.807) is 0 Å². The minimum Gasteiger partial charge on any atom is -0.497 e. The van der Waals surface area contributed by atoms with Gasteiger partial charge in [-0.3, -0.25) is 0 Å². The molecule has 20 heavy (non-hydrogen) atoms. The molecule has 0 aliphatic heterocycles. The molecule has 1 fully saturated rings. The van der Waals surface area contributed by atoms with Gasteiger partial charge in [0.25, 0.3) is 0 Å². The van der Waals surface area contributed by atoms with Crippen molar-refractivity contribution in [3.63, 3.8) is 0 Å². The van der Waals surface area contributed by atoms with Crippen molar-refractivity contribution in [1.29, 1.82) is 0 Å². The molecule has 0 saturated heterocycles. The smallest absolute Gasteiger partial charge is 0.118 e. The molecule has 0 unspecified atom stereocenters. The van der Waals surface area contributed by atoms with Gasteiger partial charge in [0.15, 0.2) is 0 Å². The molecule has 1 saturated carbocycles. The third-order valence-electron chi connectivity index (χ3n) is 3.99. The van der Waals surface area contributed by atoms with Crippen LogP contribution in [0.3, 0.4) is 0 Å². The maximum absolute atomic E-state index is 11.3. The Morgan fingerprint density at radius 1 is 1.30 bits per heavy atom. The zero-order valence-electron chi connectivity index (χ0n) is 19.1. The minimum atomic E-state index is -2.88. The second-order valence-corrected chi connectivity index (χ2v) is 5.82. The molecule has 0 aromatic heterocycles. The van der Waals surface area contributed by atoms with E-state index in [1.165, 1.54) is 0 Å². The van der Waals surface area contributed by atoms with E-state index in [-0.39, 0.29) is 17.6 Å². The summed E-state index contributed by atoms with van der Waals surface area (Å²) in [5, 5.41) is 11.3. The molecule has 1 aromatic carbocycles. The van der Waals surface area contributed by atoms with Gasteiger partial charge < -0.3 is 14.7 Å². The van der Waals surface area contributed by atoms with Gasteiger partial charge in [-0.25, -0.2) is 0 Å². The maximum Gasteiger partial charge on any atom is 0.118 e. The average molecular weight is 284 g/mol. The predicted octanol–water partition coefficient (Wildman–Crippen LogP) is 3.04. The Morgan fingerprint density at radius 2 is 1.95 bits per heavy atom. The monoisotopic (exact) mass is 284 g/mol. The molecule has 1 aromatic rings. The lowest BCUT2D eigenvalue weighted by atomic mass is 9.72. The van der Waals surface area contributed by atoms with Gasteiger partial charge in [0.05, 0.1) is 22.2 Å². The average Bonchev–Trinajstić information content (AvgIpc) is 2.56. The number of hydrogen-bond donors (Lipinski definition) is 1. The van der Waals surface area contributed by atoms with E-state index in [0.717, 1.165) is 19.3 Å². The first-order chi connectivity index (χ1) is 12.4. The summed E-state index contributed by atoms with van der Waals surface area (Å²) in [7, 11) is 0.764. The summed E-state index contributed by atoms with van der Waals surface area (Å²) in [5.41, 5.74) is -1.01. The molecule has 1 atom stereocenters. The van der Waals surface area contributed by atoms with E-state index in [4.69, 9.17) is 14.3 Å². The van der Waals surface area contributed by atoms with Crippen molar-refractivity contribution in [3.8, 4) is 5.75 Å². The molecule has 3 heteroatoms. The number of nitrogens with zero attached hydrogens (tertiary/aromatic N) is 1. The molecule has 0 amide bonds. The van der Waals surface area contributed by atoms with Crippen LogP contribution in [0.15, 0.2) is 24.2 Å². The van der Waals surface area contributed by atoms with E-state index >= 15 is 0 Å². The Morgan fingerprint density at radius 3 is 2.50 bits per heavy atom. The number of benzene rings is 1. The van der Waals surface area contributed by atoms with Crippen molar-refractivity contribution in [2.75, 3.05) is 27.7 Å². The topological polar surface area (TPSA) is 32.7 Å². The van der Waals surface area contributed by atoms with Gasteiger partial charge in [0.1, 0.15) is 5.75 Å².